The SMILES string of the molecule is CC(C)(C)NCCCC[C@H](N)C(=O)N[C@@H](CCC(=O)O)C(=O)O. The lowest BCUT2D eigenvalue weighted by atomic mass is 10.1. The van der Waals surface area contributed by atoms with Gasteiger partial charge in [0.2, 0.25) is 5.91 Å². The molecule has 0 aromatic rings. The van der Waals surface area contributed by atoms with E-state index >= 15 is 0 Å². The molecule has 0 radical (unpaired) electrons. The van der Waals surface area contributed by atoms with Gasteiger partial charge < -0.3 is 26.6 Å². The van der Waals surface area contributed by atoms with E-state index in [-0.39, 0.29) is 18.4 Å². The summed E-state index contributed by atoms with van der Waals surface area (Å²) in [5.74, 6) is -2.94. The quantitative estimate of drug-likeness (QED) is 0.343. The Balaban J connectivity index is 4.11. The van der Waals surface area contributed by atoms with E-state index < -0.39 is 29.9 Å². The third-order valence-corrected chi connectivity index (χ3v) is 3.20. The largest absolute Gasteiger partial charge is 0.481 e. The first kappa shape index (κ1) is 21.3. The van der Waals surface area contributed by atoms with Gasteiger partial charge in [-0.1, -0.05) is 6.42 Å². The summed E-state index contributed by atoms with van der Waals surface area (Å²) in [5.41, 5.74) is 5.79. The molecule has 0 fully saturated rings. The van der Waals surface area contributed by atoms with Crippen molar-refractivity contribution in [2.45, 2.75) is 70.5 Å². The van der Waals surface area contributed by atoms with E-state index in [2.05, 4.69) is 31.4 Å². The van der Waals surface area contributed by atoms with Crippen molar-refractivity contribution in [2.75, 3.05) is 6.54 Å². The number of nitrogens with one attached hydrogen (secondary N) is 2. The maximum atomic E-state index is 11.9. The summed E-state index contributed by atoms with van der Waals surface area (Å²) in [7, 11) is 0. The summed E-state index contributed by atoms with van der Waals surface area (Å²) in [6.07, 6.45) is 1.55. The molecule has 1 amide bonds. The van der Waals surface area contributed by atoms with E-state index in [9.17, 15) is 14.4 Å². The Morgan fingerprint density at radius 1 is 1.09 bits per heavy atom. The predicted octanol–water partition coefficient (Wildman–Crippen LogP) is 0.306. The number of hydrogen-bond donors (Lipinski definition) is 5. The number of carbonyl (C=O) groups is 3. The Hall–Kier alpha value is -1.67. The molecular formula is C15H29N3O5. The fourth-order valence-electron chi connectivity index (χ4n) is 1.89. The van der Waals surface area contributed by atoms with Gasteiger partial charge >= 0.3 is 11.9 Å². The number of nitrogens with two attached hydrogens (primary N) is 1. The van der Waals surface area contributed by atoms with Gasteiger partial charge in [0, 0.05) is 12.0 Å². The molecule has 6 N–H and O–H groups in total. The number of carboxylic acids is 2. The highest BCUT2D eigenvalue weighted by Crippen LogP contribution is 2.04. The summed E-state index contributed by atoms with van der Waals surface area (Å²) < 4.78 is 0. The van der Waals surface area contributed by atoms with E-state index in [0.717, 1.165) is 19.4 Å². The van der Waals surface area contributed by atoms with E-state index in [4.69, 9.17) is 15.9 Å². The van der Waals surface area contributed by atoms with Crippen molar-refractivity contribution in [3.05, 3.63) is 0 Å². The Kier molecular flexibility index (Phi) is 9.43. The van der Waals surface area contributed by atoms with Gasteiger partial charge in [-0.2, -0.15) is 0 Å². The summed E-state index contributed by atoms with van der Waals surface area (Å²) in [6, 6.07) is -2.02. The molecule has 0 aliphatic rings. The smallest absolute Gasteiger partial charge is 0.326 e. The molecule has 0 rings (SSSR count). The minimum absolute atomic E-state index is 0.0400. The molecule has 0 spiro atoms. The van der Waals surface area contributed by atoms with Gasteiger partial charge in [-0.3, -0.25) is 9.59 Å². The van der Waals surface area contributed by atoms with Gasteiger partial charge in [0.15, 0.2) is 0 Å². The molecule has 0 aliphatic carbocycles. The van der Waals surface area contributed by atoms with Gasteiger partial charge in [-0.25, -0.2) is 4.79 Å². The van der Waals surface area contributed by atoms with Crippen LogP contribution in [0.3, 0.4) is 0 Å². The second-order valence-corrected chi connectivity index (χ2v) is 6.61. The first-order chi connectivity index (χ1) is 10.5. The first-order valence-corrected chi connectivity index (χ1v) is 7.78. The van der Waals surface area contributed by atoms with Crippen molar-refractivity contribution in [2.24, 2.45) is 5.73 Å². The third-order valence-electron chi connectivity index (χ3n) is 3.20. The van der Waals surface area contributed by atoms with Crippen LogP contribution in [-0.2, 0) is 14.4 Å². The van der Waals surface area contributed by atoms with Crippen molar-refractivity contribution in [3.8, 4) is 0 Å². The Bertz CT molecular complexity index is 406. The van der Waals surface area contributed by atoms with Crippen LogP contribution >= 0.6 is 0 Å². The van der Waals surface area contributed by atoms with Crippen LogP contribution in [0.15, 0.2) is 0 Å². The zero-order chi connectivity index (χ0) is 18.0. The van der Waals surface area contributed by atoms with E-state index in [1.54, 1.807) is 0 Å². The van der Waals surface area contributed by atoms with Crippen molar-refractivity contribution in [3.63, 3.8) is 0 Å². The number of unbranched alkanes of at least 4 members (excludes halogenated alkanes) is 1. The predicted molar refractivity (Wildman–Crippen MR) is 86.0 cm³/mol. The van der Waals surface area contributed by atoms with Crippen LogP contribution in [0.4, 0.5) is 0 Å². The zero-order valence-corrected chi connectivity index (χ0v) is 14.1. The lowest BCUT2D eigenvalue weighted by Crippen LogP contribution is -2.48. The van der Waals surface area contributed by atoms with Gasteiger partial charge in [-0.15, -0.1) is 0 Å². The van der Waals surface area contributed by atoms with Crippen LogP contribution in [-0.4, -0.2) is 52.2 Å². The summed E-state index contributed by atoms with van der Waals surface area (Å²) in [5, 5.41) is 23.2. The van der Waals surface area contributed by atoms with Crippen LogP contribution in [0, 0.1) is 0 Å². The van der Waals surface area contributed by atoms with Crippen LogP contribution in [0.25, 0.3) is 0 Å². The molecule has 0 aromatic heterocycles. The minimum Gasteiger partial charge on any atom is -0.481 e. The lowest BCUT2D eigenvalue weighted by Gasteiger charge is -2.21. The molecule has 8 heteroatoms. The summed E-state index contributed by atoms with van der Waals surface area (Å²) in [4.78, 5) is 33.4. The highest BCUT2D eigenvalue weighted by atomic mass is 16.4. The second kappa shape index (κ2) is 10.2. The maximum absolute atomic E-state index is 11.9. The first-order valence-electron chi connectivity index (χ1n) is 7.78. The van der Waals surface area contributed by atoms with Crippen LogP contribution in [0.5, 0.6) is 0 Å². The van der Waals surface area contributed by atoms with Gasteiger partial charge in [0.05, 0.1) is 6.04 Å². The van der Waals surface area contributed by atoms with Gasteiger partial charge in [0.1, 0.15) is 6.04 Å². The molecule has 0 saturated heterocycles. The highest BCUT2D eigenvalue weighted by molar-refractivity contribution is 5.87. The molecule has 0 saturated carbocycles. The normalized spacial score (nSPS) is 14.1. The summed E-state index contributed by atoms with van der Waals surface area (Å²) in [6.45, 7) is 7.01. The zero-order valence-electron chi connectivity index (χ0n) is 14.1. The average molecular weight is 331 g/mol. The number of carboxylic acid groups (broad SMARTS) is 2. The number of carbonyl (C=O) groups excluding carboxylic acids is 1. The molecular weight excluding hydrogens is 302 g/mol. The molecule has 8 nitrogen and oxygen atoms in total. The average Bonchev–Trinajstić information content (AvgIpc) is 2.40. The number of rotatable bonds is 11. The Labute approximate surface area is 136 Å². The molecule has 0 unspecified atom stereocenters. The topological polar surface area (TPSA) is 142 Å². The van der Waals surface area contributed by atoms with Crippen molar-refractivity contribution in [1.82, 2.24) is 10.6 Å². The monoisotopic (exact) mass is 331 g/mol. The van der Waals surface area contributed by atoms with Gasteiger partial charge in [0.25, 0.3) is 0 Å². The van der Waals surface area contributed by atoms with Crippen LogP contribution in [0.2, 0.25) is 0 Å². The molecule has 0 heterocycles. The van der Waals surface area contributed by atoms with E-state index in [0.29, 0.717) is 6.42 Å². The highest BCUT2D eigenvalue weighted by Gasteiger charge is 2.23. The Morgan fingerprint density at radius 3 is 2.17 bits per heavy atom. The minimum atomic E-state index is -1.26. The number of hydrogen-bond acceptors (Lipinski definition) is 5. The maximum Gasteiger partial charge on any atom is 0.326 e. The Morgan fingerprint density at radius 2 is 1.70 bits per heavy atom. The van der Waals surface area contributed by atoms with E-state index in [1.807, 2.05) is 0 Å². The van der Waals surface area contributed by atoms with Crippen molar-refractivity contribution >= 4 is 17.8 Å². The van der Waals surface area contributed by atoms with Crippen molar-refractivity contribution in [1.29, 1.82) is 0 Å². The molecule has 0 bridgehead atoms. The van der Waals surface area contributed by atoms with Crippen LogP contribution < -0.4 is 16.4 Å². The molecule has 0 aromatic carbocycles. The molecule has 2 atom stereocenters. The lowest BCUT2D eigenvalue weighted by molar-refractivity contribution is -0.143. The van der Waals surface area contributed by atoms with Crippen molar-refractivity contribution < 1.29 is 24.6 Å². The number of amides is 1. The summed E-state index contributed by atoms with van der Waals surface area (Å²) >= 11 is 0. The fraction of sp³-hybridized carbons (Fsp3) is 0.800. The molecule has 134 valence electrons. The number of aliphatic carboxylic acids is 2. The standard InChI is InChI=1S/C15H29N3O5/c1-15(2,3)17-9-5-4-6-10(16)13(21)18-11(14(22)23)7-8-12(19)20/h10-11,17H,4-9,16H2,1-3H3,(H,18,21)(H,19,20)(H,22,23)/t10-,11-/m0/s1. The third kappa shape index (κ3) is 11.5. The second-order valence-electron chi connectivity index (χ2n) is 6.61. The molecule has 0 aliphatic heterocycles. The van der Waals surface area contributed by atoms with E-state index in [1.165, 1.54) is 0 Å². The van der Waals surface area contributed by atoms with Gasteiger partial charge in [-0.05, 0) is 46.6 Å². The van der Waals surface area contributed by atoms with Crippen LogP contribution in [0.1, 0.15) is 52.9 Å². The fourth-order valence-corrected chi connectivity index (χ4v) is 1.89. The molecule has 23 heavy (non-hydrogen) atoms.